The molecule has 2 heterocycles. The number of hydrogen-bond donors (Lipinski definition) is 1. The molecule has 1 N–H and O–H groups in total. The Morgan fingerprint density at radius 1 is 1.07 bits per heavy atom. The highest BCUT2D eigenvalue weighted by molar-refractivity contribution is 7.09. The highest BCUT2D eigenvalue weighted by atomic mass is 35.5. The minimum absolute atomic E-state index is 0.111. The minimum atomic E-state index is -1.08. The smallest absolute Gasteiger partial charge is 0.295 e. The van der Waals surface area contributed by atoms with Gasteiger partial charge in [0.2, 0.25) is 0 Å². The molecule has 4 nitrogen and oxygen atoms in total. The van der Waals surface area contributed by atoms with Gasteiger partial charge in [-0.25, -0.2) is 4.39 Å². The van der Waals surface area contributed by atoms with Gasteiger partial charge in [-0.3, -0.25) is 9.59 Å². The van der Waals surface area contributed by atoms with Crippen molar-refractivity contribution >= 4 is 52.0 Å². The number of benzene rings is 2. The van der Waals surface area contributed by atoms with Crippen LogP contribution in [-0.2, 0) is 16.1 Å². The number of nitrogens with zero attached hydrogens (tertiary/aromatic N) is 1. The average Bonchev–Trinajstić information content (AvgIpc) is 3.32. The predicted octanol–water partition coefficient (Wildman–Crippen LogP) is 5.82. The number of Topliss-reactive ketones (excluding diaryl/α,β-unsaturated/α-hetero) is 1. The lowest BCUT2D eigenvalue weighted by Crippen LogP contribution is -2.29. The van der Waals surface area contributed by atoms with Crippen molar-refractivity contribution in [3.63, 3.8) is 0 Å². The molecule has 0 saturated carbocycles. The first-order chi connectivity index (χ1) is 14.4. The molecule has 1 fully saturated rings. The molecule has 1 aromatic heterocycles. The number of carbonyl (C=O) groups excluding carboxylic acids is 2. The fraction of sp³-hybridized carbons (Fsp3) is 0.0909. The largest absolute Gasteiger partial charge is 0.507 e. The number of halogens is 3. The molecule has 1 amide bonds. The Bertz CT molecular complexity index is 1180. The summed E-state index contributed by atoms with van der Waals surface area (Å²) in [5.41, 5.74) is 0.134. The minimum Gasteiger partial charge on any atom is -0.507 e. The van der Waals surface area contributed by atoms with E-state index in [1.807, 2.05) is 17.5 Å². The van der Waals surface area contributed by atoms with Crippen LogP contribution in [-0.4, -0.2) is 21.7 Å². The predicted molar refractivity (Wildman–Crippen MR) is 115 cm³/mol. The quantitative estimate of drug-likeness (QED) is 0.302. The van der Waals surface area contributed by atoms with Crippen molar-refractivity contribution in [1.29, 1.82) is 0 Å². The lowest BCUT2D eigenvalue weighted by atomic mass is 9.95. The van der Waals surface area contributed by atoms with Crippen molar-refractivity contribution < 1.29 is 19.1 Å². The molecule has 8 heteroatoms. The summed E-state index contributed by atoms with van der Waals surface area (Å²) in [4.78, 5) is 27.9. The van der Waals surface area contributed by atoms with E-state index in [-0.39, 0.29) is 33.3 Å². The molecular formula is C22H14Cl2FNO3S. The Labute approximate surface area is 185 Å². The molecule has 0 radical (unpaired) electrons. The first-order valence-corrected chi connectivity index (χ1v) is 10.5. The molecule has 4 rings (SSSR count). The third-order valence-electron chi connectivity index (χ3n) is 4.84. The summed E-state index contributed by atoms with van der Waals surface area (Å²) in [6, 6.07) is 12.8. The fourth-order valence-corrected chi connectivity index (χ4v) is 4.43. The Hall–Kier alpha value is -2.67. The number of rotatable bonds is 4. The second kappa shape index (κ2) is 8.22. The van der Waals surface area contributed by atoms with E-state index in [1.54, 1.807) is 6.07 Å². The van der Waals surface area contributed by atoms with Crippen molar-refractivity contribution in [2.45, 2.75) is 12.6 Å². The highest BCUT2D eigenvalue weighted by Crippen LogP contribution is 2.41. The van der Waals surface area contributed by atoms with Gasteiger partial charge in [0.15, 0.2) is 0 Å². The van der Waals surface area contributed by atoms with Crippen molar-refractivity contribution in [1.82, 2.24) is 4.90 Å². The maximum atomic E-state index is 14.7. The lowest BCUT2D eigenvalue weighted by molar-refractivity contribution is -0.140. The van der Waals surface area contributed by atoms with Crippen molar-refractivity contribution in [3.8, 4) is 0 Å². The van der Waals surface area contributed by atoms with Gasteiger partial charge in [0, 0.05) is 16.0 Å². The van der Waals surface area contributed by atoms with Crippen LogP contribution >= 0.6 is 34.5 Å². The second-order valence-electron chi connectivity index (χ2n) is 6.66. The van der Waals surface area contributed by atoms with Crippen molar-refractivity contribution in [2.24, 2.45) is 0 Å². The van der Waals surface area contributed by atoms with Crippen LogP contribution in [0.3, 0.4) is 0 Å². The lowest BCUT2D eigenvalue weighted by Gasteiger charge is -2.25. The number of aliphatic hydroxyl groups excluding tert-OH is 1. The summed E-state index contributed by atoms with van der Waals surface area (Å²) in [6.45, 7) is 0.111. The van der Waals surface area contributed by atoms with E-state index in [0.29, 0.717) is 0 Å². The SMILES string of the molecule is O=C1C(=O)N(Cc2cccs2)C(c2ccccc2F)/C1=C(\O)c1ccc(Cl)c(Cl)c1. The molecule has 152 valence electrons. The Morgan fingerprint density at radius 2 is 1.83 bits per heavy atom. The number of thiophene rings is 1. The summed E-state index contributed by atoms with van der Waals surface area (Å²) in [6.07, 6.45) is 0. The van der Waals surface area contributed by atoms with E-state index < -0.39 is 29.3 Å². The van der Waals surface area contributed by atoms with Crippen LogP contribution in [0.15, 0.2) is 65.6 Å². The molecular weight excluding hydrogens is 448 g/mol. The Kier molecular flexibility index (Phi) is 5.64. The summed E-state index contributed by atoms with van der Waals surface area (Å²) in [5.74, 6) is -2.71. The number of amides is 1. The van der Waals surface area contributed by atoms with Gasteiger partial charge in [0.1, 0.15) is 11.6 Å². The molecule has 0 bridgehead atoms. The van der Waals surface area contributed by atoms with Gasteiger partial charge in [-0.15, -0.1) is 11.3 Å². The number of hydrogen-bond acceptors (Lipinski definition) is 4. The molecule has 0 aliphatic carbocycles. The van der Waals surface area contributed by atoms with E-state index in [0.717, 1.165) is 4.88 Å². The van der Waals surface area contributed by atoms with Gasteiger partial charge in [-0.05, 0) is 35.7 Å². The first kappa shape index (κ1) is 20.6. The molecule has 2 aromatic carbocycles. The van der Waals surface area contributed by atoms with Crippen LogP contribution in [0.4, 0.5) is 4.39 Å². The third-order valence-corrected chi connectivity index (χ3v) is 6.44. The Balaban J connectivity index is 1.90. The molecule has 1 unspecified atom stereocenters. The second-order valence-corrected chi connectivity index (χ2v) is 8.50. The standard InChI is InChI=1S/C22H14Cl2FNO3S/c23-15-8-7-12(10-16(15)24)20(27)18-19(14-5-1-2-6-17(14)25)26(22(29)21(18)28)11-13-4-3-9-30-13/h1-10,19,27H,11H2/b20-18+. The fourth-order valence-electron chi connectivity index (χ4n) is 3.43. The molecule has 1 saturated heterocycles. The number of likely N-dealkylation sites (tertiary alicyclic amines) is 1. The summed E-state index contributed by atoms with van der Waals surface area (Å²) in [5, 5.41) is 13.2. The van der Waals surface area contributed by atoms with Crippen LogP contribution in [0.1, 0.15) is 22.0 Å². The van der Waals surface area contributed by atoms with Gasteiger partial charge in [0.05, 0.1) is 28.2 Å². The maximum absolute atomic E-state index is 14.7. The van der Waals surface area contributed by atoms with Crippen LogP contribution < -0.4 is 0 Å². The normalized spacial score (nSPS) is 18.2. The summed E-state index contributed by atoms with van der Waals surface area (Å²) >= 11 is 13.4. The van der Waals surface area contributed by atoms with Crippen molar-refractivity contribution in [2.75, 3.05) is 0 Å². The van der Waals surface area contributed by atoms with E-state index >= 15 is 0 Å². The zero-order valence-corrected chi connectivity index (χ0v) is 17.6. The van der Waals surface area contributed by atoms with Gasteiger partial charge in [-0.2, -0.15) is 0 Å². The summed E-state index contributed by atoms with van der Waals surface area (Å²) in [7, 11) is 0. The molecule has 3 aromatic rings. The summed E-state index contributed by atoms with van der Waals surface area (Å²) < 4.78 is 14.7. The van der Waals surface area contributed by atoms with Gasteiger partial charge in [0.25, 0.3) is 11.7 Å². The van der Waals surface area contributed by atoms with Gasteiger partial charge >= 0.3 is 0 Å². The molecule has 1 atom stereocenters. The number of aliphatic hydroxyl groups is 1. The molecule has 1 aliphatic rings. The highest BCUT2D eigenvalue weighted by Gasteiger charge is 2.47. The average molecular weight is 462 g/mol. The van der Waals surface area contributed by atoms with E-state index in [9.17, 15) is 19.1 Å². The van der Waals surface area contributed by atoms with E-state index in [2.05, 4.69) is 0 Å². The van der Waals surface area contributed by atoms with Crippen molar-refractivity contribution in [3.05, 3.63) is 97.4 Å². The van der Waals surface area contributed by atoms with Crippen LogP contribution in [0, 0.1) is 5.82 Å². The van der Waals surface area contributed by atoms with Gasteiger partial charge in [-0.1, -0.05) is 47.5 Å². The molecule has 0 spiro atoms. The van der Waals surface area contributed by atoms with E-state index in [1.165, 1.54) is 52.6 Å². The Morgan fingerprint density at radius 3 is 2.50 bits per heavy atom. The number of carbonyl (C=O) groups is 2. The van der Waals surface area contributed by atoms with Crippen LogP contribution in [0.2, 0.25) is 10.0 Å². The molecule has 30 heavy (non-hydrogen) atoms. The maximum Gasteiger partial charge on any atom is 0.295 e. The zero-order chi connectivity index (χ0) is 21.4. The van der Waals surface area contributed by atoms with Gasteiger partial charge < -0.3 is 10.0 Å². The topological polar surface area (TPSA) is 57.6 Å². The molecule has 1 aliphatic heterocycles. The van der Waals surface area contributed by atoms with E-state index in [4.69, 9.17) is 23.2 Å². The third kappa shape index (κ3) is 3.62. The zero-order valence-electron chi connectivity index (χ0n) is 15.3. The van der Waals surface area contributed by atoms with Crippen LogP contribution in [0.5, 0.6) is 0 Å². The first-order valence-electron chi connectivity index (χ1n) is 8.89. The van der Waals surface area contributed by atoms with Crippen LogP contribution in [0.25, 0.3) is 5.76 Å². The monoisotopic (exact) mass is 461 g/mol. The number of ketones is 1.